The number of nitrogens with zero attached hydrogens (tertiary/aromatic N) is 3. The number of piperidine rings is 1. The zero-order valence-electron chi connectivity index (χ0n) is 15.6. The van der Waals surface area contributed by atoms with Crippen molar-refractivity contribution in [2.24, 2.45) is 5.41 Å². The second kappa shape index (κ2) is 7.48. The van der Waals surface area contributed by atoms with Crippen LogP contribution in [0.15, 0.2) is 40.8 Å². The molecule has 2 fully saturated rings. The third-order valence-electron chi connectivity index (χ3n) is 5.51. The molecule has 6 nitrogen and oxygen atoms in total. The first-order chi connectivity index (χ1) is 12.4. The Kier molecular flexibility index (Phi) is 5.30. The van der Waals surface area contributed by atoms with Crippen molar-refractivity contribution < 1.29 is 9.59 Å². The SMILES string of the molecule is CC(C)=CCN1CC2(CCN(C(=O)Cn3ccccc3=O)CC2)CC1=O. The Labute approximate surface area is 154 Å². The second-order valence-corrected chi connectivity index (χ2v) is 7.78. The first-order valence-electron chi connectivity index (χ1n) is 9.23. The summed E-state index contributed by atoms with van der Waals surface area (Å²) in [5.41, 5.74) is 1.06. The molecule has 3 heterocycles. The summed E-state index contributed by atoms with van der Waals surface area (Å²) < 4.78 is 1.44. The van der Waals surface area contributed by atoms with Crippen molar-refractivity contribution in [2.45, 2.75) is 39.7 Å². The zero-order chi connectivity index (χ0) is 18.7. The quantitative estimate of drug-likeness (QED) is 0.770. The molecule has 2 saturated heterocycles. The van der Waals surface area contributed by atoms with Gasteiger partial charge in [0.2, 0.25) is 11.8 Å². The third kappa shape index (κ3) is 4.06. The van der Waals surface area contributed by atoms with E-state index in [-0.39, 0.29) is 29.3 Å². The minimum absolute atomic E-state index is 0.00688. The first-order valence-corrected chi connectivity index (χ1v) is 9.23. The van der Waals surface area contributed by atoms with Crippen LogP contribution in [0.2, 0.25) is 0 Å². The van der Waals surface area contributed by atoms with E-state index in [0.29, 0.717) is 26.1 Å². The van der Waals surface area contributed by atoms with Gasteiger partial charge in [-0.25, -0.2) is 0 Å². The van der Waals surface area contributed by atoms with Gasteiger partial charge in [-0.15, -0.1) is 0 Å². The van der Waals surface area contributed by atoms with Crippen molar-refractivity contribution in [3.8, 4) is 0 Å². The van der Waals surface area contributed by atoms with Crippen LogP contribution in [0.25, 0.3) is 0 Å². The molecule has 1 aromatic rings. The van der Waals surface area contributed by atoms with E-state index in [9.17, 15) is 14.4 Å². The fraction of sp³-hybridized carbons (Fsp3) is 0.550. The van der Waals surface area contributed by atoms with Gasteiger partial charge in [0.05, 0.1) is 0 Å². The molecule has 0 bridgehead atoms. The van der Waals surface area contributed by atoms with Gasteiger partial charge in [-0.2, -0.15) is 0 Å². The summed E-state index contributed by atoms with van der Waals surface area (Å²) in [4.78, 5) is 40.4. The molecule has 2 amide bonds. The molecule has 2 aliphatic heterocycles. The van der Waals surface area contributed by atoms with Gasteiger partial charge in [0, 0.05) is 50.3 Å². The zero-order valence-corrected chi connectivity index (χ0v) is 15.6. The largest absolute Gasteiger partial charge is 0.341 e. The number of carbonyl (C=O) groups is 2. The highest BCUT2D eigenvalue weighted by Crippen LogP contribution is 2.41. The summed E-state index contributed by atoms with van der Waals surface area (Å²) in [5.74, 6) is 0.192. The first kappa shape index (κ1) is 18.4. The van der Waals surface area contributed by atoms with Gasteiger partial charge in [-0.1, -0.05) is 17.7 Å². The lowest BCUT2D eigenvalue weighted by Gasteiger charge is -2.38. The highest BCUT2D eigenvalue weighted by atomic mass is 16.2. The van der Waals surface area contributed by atoms with Crippen LogP contribution in [-0.4, -0.2) is 52.4 Å². The molecular formula is C20H27N3O3. The van der Waals surface area contributed by atoms with Gasteiger partial charge in [0.15, 0.2) is 0 Å². The molecular weight excluding hydrogens is 330 g/mol. The Morgan fingerprint density at radius 1 is 1.19 bits per heavy atom. The topological polar surface area (TPSA) is 62.6 Å². The number of rotatable bonds is 4. The number of pyridine rings is 1. The van der Waals surface area contributed by atoms with Crippen molar-refractivity contribution in [2.75, 3.05) is 26.2 Å². The number of amides is 2. The third-order valence-corrected chi connectivity index (χ3v) is 5.51. The maximum Gasteiger partial charge on any atom is 0.250 e. The van der Waals surface area contributed by atoms with Crippen molar-refractivity contribution in [3.05, 3.63) is 46.4 Å². The van der Waals surface area contributed by atoms with Gasteiger partial charge >= 0.3 is 0 Å². The normalized spacial score (nSPS) is 19.1. The summed E-state index contributed by atoms with van der Waals surface area (Å²) >= 11 is 0. The maximum atomic E-state index is 12.5. The van der Waals surface area contributed by atoms with Crippen LogP contribution in [0, 0.1) is 5.41 Å². The van der Waals surface area contributed by atoms with Crippen LogP contribution < -0.4 is 5.56 Å². The highest BCUT2D eigenvalue weighted by Gasteiger charge is 2.45. The molecule has 0 atom stereocenters. The number of allylic oxidation sites excluding steroid dienone is 1. The number of likely N-dealkylation sites (tertiary alicyclic amines) is 2. The Morgan fingerprint density at radius 2 is 1.92 bits per heavy atom. The van der Waals surface area contributed by atoms with Gasteiger partial charge in [0.1, 0.15) is 6.54 Å². The molecule has 0 aliphatic carbocycles. The van der Waals surface area contributed by atoms with Crippen LogP contribution in [-0.2, 0) is 16.1 Å². The van der Waals surface area contributed by atoms with E-state index in [0.717, 1.165) is 19.4 Å². The Bertz CT molecular complexity index is 769. The van der Waals surface area contributed by atoms with Crippen molar-refractivity contribution in [3.63, 3.8) is 0 Å². The molecule has 1 aromatic heterocycles. The van der Waals surface area contributed by atoms with Gasteiger partial charge in [0.25, 0.3) is 5.56 Å². The van der Waals surface area contributed by atoms with Crippen molar-refractivity contribution in [1.29, 1.82) is 0 Å². The predicted molar refractivity (Wildman–Crippen MR) is 99.6 cm³/mol. The number of aromatic nitrogens is 1. The minimum atomic E-state index is -0.161. The lowest BCUT2D eigenvalue weighted by Crippen LogP contribution is -2.45. The number of carbonyl (C=O) groups excluding carboxylic acids is 2. The smallest absolute Gasteiger partial charge is 0.250 e. The maximum absolute atomic E-state index is 12.5. The van der Waals surface area contributed by atoms with E-state index in [1.807, 2.05) is 23.6 Å². The monoisotopic (exact) mass is 357 g/mol. The van der Waals surface area contributed by atoms with E-state index in [1.54, 1.807) is 18.3 Å². The average Bonchev–Trinajstić information content (AvgIpc) is 2.91. The fourth-order valence-corrected chi connectivity index (χ4v) is 3.84. The van der Waals surface area contributed by atoms with Gasteiger partial charge < -0.3 is 14.4 Å². The molecule has 0 aromatic carbocycles. The molecule has 26 heavy (non-hydrogen) atoms. The van der Waals surface area contributed by atoms with E-state index in [1.165, 1.54) is 16.2 Å². The second-order valence-electron chi connectivity index (χ2n) is 7.78. The van der Waals surface area contributed by atoms with Crippen LogP contribution in [0.5, 0.6) is 0 Å². The Hall–Kier alpha value is -2.37. The highest BCUT2D eigenvalue weighted by molar-refractivity contribution is 5.80. The van der Waals surface area contributed by atoms with E-state index in [4.69, 9.17) is 0 Å². The Balaban J connectivity index is 1.56. The van der Waals surface area contributed by atoms with E-state index >= 15 is 0 Å². The van der Waals surface area contributed by atoms with E-state index < -0.39 is 0 Å². The molecule has 140 valence electrons. The minimum Gasteiger partial charge on any atom is -0.341 e. The Morgan fingerprint density at radius 3 is 2.58 bits per heavy atom. The number of hydrogen-bond donors (Lipinski definition) is 0. The van der Waals surface area contributed by atoms with Gasteiger partial charge in [-0.3, -0.25) is 14.4 Å². The van der Waals surface area contributed by atoms with Gasteiger partial charge in [-0.05, 0) is 32.8 Å². The summed E-state index contributed by atoms with van der Waals surface area (Å²) in [6.07, 6.45) is 6.01. The van der Waals surface area contributed by atoms with Crippen molar-refractivity contribution in [1.82, 2.24) is 14.4 Å². The van der Waals surface area contributed by atoms with E-state index in [2.05, 4.69) is 6.08 Å². The standard InChI is InChI=1S/C20H27N3O3/c1-16(2)6-10-23-15-20(13-18(23)25)7-11-21(12-8-20)19(26)14-22-9-4-3-5-17(22)24/h3-6,9H,7-8,10-15H2,1-2H3. The molecule has 6 heteroatoms. The molecule has 0 unspecified atom stereocenters. The van der Waals surface area contributed by atoms with Crippen LogP contribution in [0.1, 0.15) is 33.1 Å². The summed E-state index contributed by atoms with van der Waals surface area (Å²) in [6, 6.07) is 4.89. The number of hydrogen-bond acceptors (Lipinski definition) is 3. The summed E-state index contributed by atoms with van der Waals surface area (Å²) in [5, 5.41) is 0. The summed E-state index contributed by atoms with van der Waals surface area (Å²) in [6.45, 7) is 6.95. The molecule has 0 saturated carbocycles. The lowest BCUT2D eigenvalue weighted by atomic mass is 9.77. The van der Waals surface area contributed by atoms with Crippen LogP contribution in [0.3, 0.4) is 0 Å². The predicted octanol–water partition coefficient (Wildman–Crippen LogP) is 1.66. The average molecular weight is 357 g/mol. The molecule has 2 aliphatic rings. The molecule has 3 rings (SSSR count). The molecule has 0 N–H and O–H groups in total. The van der Waals surface area contributed by atoms with Crippen molar-refractivity contribution >= 4 is 11.8 Å². The lowest BCUT2D eigenvalue weighted by molar-refractivity contribution is -0.134. The summed E-state index contributed by atoms with van der Waals surface area (Å²) in [7, 11) is 0. The molecule has 1 spiro atoms. The fourth-order valence-electron chi connectivity index (χ4n) is 3.84. The van der Waals surface area contributed by atoms with Crippen LogP contribution >= 0.6 is 0 Å². The molecule has 0 radical (unpaired) electrons. The van der Waals surface area contributed by atoms with Crippen LogP contribution in [0.4, 0.5) is 0 Å².